The number of nitrogens with one attached hydrogen (secondary N) is 1. The fraction of sp³-hybridized carbons (Fsp3) is 0.727. The summed E-state index contributed by atoms with van der Waals surface area (Å²) in [4.78, 5) is 24.8. The molecule has 0 spiro atoms. The summed E-state index contributed by atoms with van der Waals surface area (Å²) in [7, 11) is 2.97. The van der Waals surface area contributed by atoms with Gasteiger partial charge < -0.3 is 18.9 Å². The highest BCUT2D eigenvalue weighted by Gasteiger charge is 2.60. The molecule has 0 aromatic carbocycles. The predicted molar refractivity (Wildman–Crippen MR) is 122 cm³/mol. The van der Waals surface area contributed by atoms with Crippen molar-refractivity contribution in [1.29, 1.82) is 0 Å². The number of thiazole rings is 1. The lowest BCUT2D eigenvalue weighted by Gasteiger charge is -2.40. The third-order valence-corrected chi connectivity index (χ3v) is 5.47. The number of carbonyl (C=O) groups excluding carboxylic acids is 1. The van der Waals surface area contributed by atoms with E-state index in [0.29, 0.717) is 18.7 Å². The zero-order valence-corrected chi connectivity index (χ0v) is 21.2. The van der Waals surface area contributed by atoms with E-state index >= 15 is 0 Å². The van der Waals surface area contributed by atoms with Crippen molar-refractivity contribution in [3.63, 3.8) is 0 Å². The fourth-order valence-electron chi connectivity index (χ4n) is 3.50. The highest BCUT2D eigenvalue weighted by atomic mass is 32.1. The van der Waals surface area contributed by atoms with Crippen LogP contribution in [0.25, 0.3) is 0 Å². The first-order chi connectivity index (χ1) is 14.9. The predicted octanol–water partition coefficient (Wildman–Crippen LogP) is 4.16. The highest BCUT2D eigenvalue weighted by molar-refractivity contribution is 7.09. The van der Waals surface area contributed by atoms with Crippen LogP contribution in [0.4, 0.5) is 4.79 Å². The SMILES string of the molecule is C=CCOC(=O)N1[C@H](c2csc(CNOC(C)(C)C)n2)C[C@@H](OC(C)(C)C)C1(OC)OC. The van der Waals surface area contributed by atoms with Crippen LogP contribution in [0.1, 0.15) is 64.7 Å². The van der Waals surface area contributed by atoms with Gasteiger partial charge in [0.1, 0.15) is 17.7 Å². The van der Waals surface area contributed by atoms with E-state index in [4.69, 9.17) is 28.8 Å². The van der Waals surface area contributed by atoms with Crippen LogP contribution in [-0.4, -0.2) is 60.0 Å². The summed E-state index contributed by atoms with van der Waals surface area (Å²) in [6, 6.07) is -0.465. The van der Waals surface area contributed by atoms with E-state index in [2.05, 4.69) is 12.1 Å². The number of hydroxylamine groups is 1. The smallest absolute Gasteiger partial charge is 0.414 e. The van der Waals surface area contributed by atoms with Crippen molar-refractivity contribution in [2.75, 3.05) is 20.8 Å². The summed E-state index contributed by atoms with van der Waals surface area (Å²) in [6.45, 7) is 15.8. The zero-order chi connectivity index (χ0) is 24.2. The lowest BCUT2D eigenvalue weighted by Crippen LogP contribution is -2.58. The van der Waals surface area contributed by atoms with Gasteiger partial charge in [0.25, 0.3) is 5.91 Å². The van der Waals surface area contributed by atoms with Crippen molar-refractivity contribution in [3.8, 4) is 0 Å². The molecule has 2 heterocycles. The average Bonchev–Trinajstić information content (AvgIpc) is 3.26. The Hall–Kier alpha value is -1.56. The molecular weight excluding hydrogens is 434 g/mol. The highest BCUT2D eigenvalue weighted by Crippen LogP contribution is 2.47. The molecule has 1 aromatic heterocycles. The lowest BCUT2D eigenvalue weighted by atomic mass is 10.1. The molecule has 1 fully saturated rings. The Morgan fingerprint density at radius 2 is 1.94 bits per heavy atom. The van der Waals surface area contributed by atoms with E-state index in [0.717, 1.165) is 5.01 Å². The van der Waals surface area contributed by atoms with E-state index < -0.39 is 29.8 Å². The Morgan fingerprint density at radius 3 is 2.47 bits per heavy atom. The molecule has 32 heavy (non-hydrogen) atoms. The fourth-order valence-corrected chi connectivity index (χ4v) is 4.27. The Labute approximate surface area is 195 Å². The lowest BCUT2D eigenvalue weighted by molar-refractivity contribution is -0.323. The second-order valence-electron chi connectivity index (χ2n) is 9.45. The minimum Gasteiger partial charge on any atom is -0.445 e. The second kappa shape index (κ2) is 10.6. The summed E-state index contributed by atoms with van der Waals surface area (Å²) < 4.78 is 23.2. The molecule has 0 radical (unpaired) electrons. The van der Waals surface area contributed by atoms with E-state index in [1.54, 1.807) is 0 Å². The standard InChI is InChI=1S/C22H37N3O6S/c1-10-11-29-19(26)25-16(12-17(30-20(2,3)4)22(25,27-8)28-9)15-14-32-18(24-15)13-23-31-21(5,6)7/h10,14,16-17,23H,1,11-13H2,2-9H3/t16-,17+/m0/s1. The van der Waals surface area contributed by atoms with Gasteiger partial charge in [-0.05, 0) is 41.5 Å². The normalized spacial score (nSPS) is 21.1. The quantitative estimate of drug-likeness (QED) is 0.326. The molecule has 0 bridgehead atoms. The van der Waals surface area contributed by atoms with Crippen LogP contribution >= 0.6 is 11.3 Å². The summed E-state index contributed by atoms with van der Waals surface area (Å²) in [5.74, 6) is -1.46. The molecule has 1 aromatic rings. The van der Waals surface area contributed by atoms with Gasteiger partial charge in [0.15, 0.2) is 0 Å². The molecule has 9 nitrogen and oxygen atoms in total. The van der Waals surface area contributed by atoms with Crippen LogP contribution < -0.4 is 5.48 Å². The molecule has 0 unspecified atom stereocenters. The molecule has 2 rings (SSSR count). The largest absolute Gasteiger partial charge is 0.445 e. The van der Waals surface area contributed by atoms with Crippen molar-refractivity contribution in [2.24, 2.45) is 0 Å². The van der Waals surface area contributed by atoms with E-state index in [1.165, 1.54) is 36.5 Å². The number of aromatic nitrogens is 1. The summed E-state index contributed by atoms with van der Waals surface area (Å²) >= 11 is 1.48. The maximum atomic E-state index is 13.1. The van der Waals surface area contributed by atoms with Crippen LogP contribution in [-0.2, 0) is 30.3 Å². The zero-order valence-electron chi connectivity index (χ0n) is 20.4. The average molecular weight is 472 g/mol. The van der Waals surface area contributed by atoms with Gasteiger partial charge in [-0.25, -0.2) is 14.7 Å². The van der Waals surface area contributed by atoms with Gasteiger partial charge in [-0.3, -0.25) is 4.84 Å². The summed E-state index contributed by atoms with van der Waals surface area (Å²) in [5, 5.41) is 2.74. The Balaban J connectivity index is 2.36. The minimum absolute atomic E-state index is 0.0622. The first kappa shape index (κ1) is 26.7. The number of methoxy groups -OCH3 is 2. The van der Waals surface area contributed by atoms with Crippen LogP contribution in [0.3, 0.4) is 0 Å². The maximum Gasteiger partial charge on any atom is 0.414 e. The third kappa shape index (κ3) is 6.49. The monoisotopic (exact) mass is 471 g/mol. The molecule has 0 aliphatic carbocycles. The van der Waals surface area contributed by atoms with Crippen molar-refractivity contribution in [3.05, 3.63) is 28.7 Å². The maximum absolute atomic E-state index is 13.1. The molecular formula is C22H37N3O6S. The molecule has 0 saturated carbocycles. The number of ether oxygens (including phenoxy) is 4. The molecule has 1 saturated heterocycles. The molecule has 10 heteroatoms. The summed E-state index contributed by atoms with van der Waals surface area (Å²) in [6.07, 6.45) is 0.778. The number of hydrogen-bond acceptors (Lipinski definition) is 9. The minimum atomic E-state index is -1.46. The Kier molecular flexibility index (Phi) is 8.82. The molecule has 1 N–H and O–H groups in total. The molecule has 1 aliphatic rings. The van der Waals surface area contributed by atoms with Gasteiger partial charge in [0.05, 0.1) is 29.5 Å². The molecule has 182 valence electrons. The van der Waals surface area contributed by atoms with Crippen molar-refractivity contribution >= 4 is 17.4 Å². The number of amides is 1. The van der Waals surface area contributed by atoms with Crippen LogP contribution in [0.5, 0.6) is 0 Å². The first-order valence-corrected chi connectivity index (χ1v) is 11.4. The Bertz CT molecular complexity index is 766. The summed E-state index contributed by atoms with van der Waals surface area (Å²) in [5.41, 5.74) is 2.85. The molecule has 2 atom stereocenters. The number of likely N-dealkylation sites (tertiary alicyclic amines) is 1. The van der Waals surface area contributed by atoms with Crippen LogP contribution in [0.15, 0.2) is 18.0 Å². The van der Waals surface area contributed by atoms with Gasteiger partial charge in [0.2, 0.25) is 0 Å². The first-order valence-electron chi connectivity index (χ1n) is 10.6. The van der Waals surface area contributed by atoms with Gasteiger partial charge in [-0.15, -0.1) is 11.3 Å². The van der Waals surface area contributed by atoms with Crippen molar-refractivity contribution < 1.29 is 28.6 Å². The van der Waals surface area contributed by atoms with Crippen LogP contribution in [0, 0.1) is 0 Å². The van der Waals surface area contributed by atoms with Gasteiger partial charge in [0, 0.05) is 26.0 Å². The second-order valence-corrected chi connectivity index (χ2v) is 10.4. The third-order valence-electron chi connectivity index (χ3n) is 4.61. The number of nitrogens with zero attached hydrogens (tertiary/aromatic N) is 2. The molecule has 1 aliphatic heterocycles. The van der Waals surface area contributed by atoms with Crippen molar-refractivity contribution in [1.82, 2.24) is 15.4 Å². The van der Waals surface area contributed by atoms with Crippen LogP contribution in [0.2, 0.25) is 0 Å². The van der Waals surface area contributed by atoms with E-state index in [9.17, 15) is 4.79 Å². The van der Waals surface area contributed by atoms with Gasteiger partial charge in [-0.2, -0.15) is 5.48 Å². The van der Waals surface area contributed by atoms with E-state index in [-0.39, 0.29) is 12.2 Å². The van der Waals surface area contributed by atoms with E-state index in [1.807, 2.05) is 46.9 Å². The number of hydrogen-bond donors (Lipinski definition) is 1. The molecule has 1 amide bonds. The number of rotatable bonds is 9. The Morgan fingerprint density at radius 1 is 1.28 bits per heavy atom. The van der Waals surface area contributed by atoms with Crippen molar-refractivity contribution in [2.45, 2.75) is 83.8 Å². The van der Waals surface area contributed by atoms with Gasteiger partial charge >= 0.3 is 6.09 Å². The number of carbonyl (C=O) groups is 1. The van der Waals surface area contributed by atoms with Gasteiger partial charge in [-0.1, -0.05) is 12.7 Å². The topological polar surface area (TPSA) is 91.4 Å².